The van der Waals surface area contributed by atoms with Crippen LogP contribution in [0.15, 0.2) is 5.38 Å². The van der Waals surface area contributed by atoms with Gasteiger partial charge in [0, 0.05) is 11.9 Å². The van der Waals surface area contributed by atoms with E-state index in [2.05, 4.69) is 24.1 Å². The maximum Gasteiger partial charge on any atom is 0.226 e. The molecule has 1 amide bonds. The van der Waals surface area contributed by atoms with E-state index in [0.717, 1.165) is 50.3 Å². The molecule has 4 fully saturated rings. The normalized spacial score (nSPS) is 40.0. The summed E-state index contributed by atoms with van der Waals surface area (Å²) in [5.41, 5.74) is 7.40. The fraction of sp³-hybridized carbons (Fsp3) is 0.789. The van der Waals surface area contributed by atoms with Crippen molar-refractivity contribution >= 4 is 22.4 Å². The van der Waals surface area contributed by atoms with Crippen LogP contribution in [0.1, 0.15) is 64.5 Å². The number of carbonyl (C=O) groups excluding carboxylic acids is 1. The molecule has 2 unspecified atom stereocenters. The van der Waals surface area contributed by atoms with Crippen LogP contribution in [-0.2, 0) is 11.2 Å². The summed E-state index contributed by atoms with van der Waals surface area (Å²) in [5, 5.41) is 5.90. The summed E-state index contributed by atoms with van der Waals surface area (Å²) in [4.78, 5) is 17.3. The maximum atomic E-state index is 13.1. The second kappa shape index (κ2) is 5.45. The number of amides is 1. The van der Waals surface area contributed by atoms with E-state index in [1.807, 2.05) is 5.38 Å². The van der Waals surface area contributed by atoms with Crippen LogP contribution < -0.4 is 11.1 Å². The van der Waals surface area contributed by atoms with Gasteiger partial charge >= 0.3 is 0 Å². The Hall–Kier alpha value is -1.10. The fourth-order valence-electron chi connectivity index (χ4n) is 6.80. The molecule has 1 heterocycles. The van der Waals surface area contributed by atoms with Crippen LogP contribution in [0, 0.1) is 22.2 Å². The van der Waals surface area contributed by atoms with Gasteiger partial charge in [0.15, 0.2) is 5.13 Å². The lowest BCUT2D eigenvalue weighted by Gasteiger charge is -2.64. The first-order valence-electron chi connectivity index (χ1n) is 9.28. The monoisotopic (exact) mass is 347 g/mol. The van der Waals surface area contributed by atoms with Gasteiger partial charge in [-0.15, -0.1) is 11.3 Å². The van der Waals surface area contributed by atoms with Crippen molar-refractivity contribution in [2.45, 2.75) is 65.2 Å². The molecule has 5 heteroatoms. The van der Waals surface area contributed by atoms with Gasteiger partial charge in [0.1, 0.15) is 0 Å². The summed E-state index contributed by atoms with van der Waals surface area (Å²) in [6, 6.07) is 0. The first-order chi connectivity index (χ1) is 11.3. The van der Waals surface area contributed by atoms with Crippen LogP contribution >= 0.6 is 11.3 Å². The van der Waals surface area contributed by atoms with Crippen molar-refractivity contribution in [3.8, 4) is 0 Å². The molecule has 5 rings (SSSR count). The first kappa shape index (κ1) is 16.4. The highest BCUT2D eigenvalue weighted by molar-refractivity contribution is 7.13. The van der Waals surface area contributed by atoms with E-state index >= 15 is 0 Å². The molecule has 0 aromatic carbocycles. The molecule has 1 aromatic heterocycles. The van der Waals surface area contributed by atoms with Crippen molar-refractivity contribution in [1.29, 1.82) is 0 Å². The van der Waals surface area contributed by atoms with E-state index in [1.165, 1.54) is 30.6 Å². The van der Waals surface area contributed by atoms with Crippen LogP contribution in [-0.4, -0.2) is 17.4 Å². The molecule has 4 bridgehead atoms. The molecular formula is C19H29N3OS. The number of nitrogens with one attached hydrogen (secondary N) is 1. The highest BCUT2D eigenvalue weighted by Crippen LogP contribution is 2.69. The summed E-state index contributed by atoms with van der Waals surface area (Å²) < 4.78 is 0. The van der Waals surface area contributed by atoms with Crippen LogP contribution in [0.4, 0.5) is 5.13 Å². The lowest BCUT2D eigenvalue weighted by molar-refractivity contribution is -0.170. The number of thiazole rings is 1. The number of hydrogen-bond acceptors (Lipinski definition) is 4. The number of anilines is 1. The number of rotatable bonds is 5. The largest absolute Gasteiger partial charge is 0.375 e. The van der Waals surface area contributed by atoms with Crippen molar-refractivity contribution in [3.05, 3.63) is 11.1 Å². The van der Waals surface area contributed by atoms with Gasteiger partial charge in [0.25, 0.3) is 0 Å². The van der Waals surface area contributed by atoms with Crippen molar-refractivity contribution in [2.75, 3.05) is 12.3 Å². The Bertz CT molecular complexity index is 637. The predicted octanol–water partition coefficient (Wildman–Crippen LogP) is 3.77. The number of hydrogen-bond donors (Lipinski definition) is 2. The number of nitrogens with zero attached hydrogens (tertiary/aromatic N) is 1. The number of nitrogen functional groups attached to an aromatic ring is 1. The van der Waals surface area contributed by atoms with E-state index in [0.29, 0.717) is 21.9 Å². The van der Waals surface area contributed by atoms with E-state index in [-0.39, 0.29) is 5.41 Å². The van der Waals surface area contributed by atoms with Gasteiger partial charge in [0.05, 0.1) is 11.1 Å². The van der Waals surface area contributed by atoms with Crippen LogP contribution in [0.3, 0.4) is 0 Å². The predicted molar refractivity (Wildman–Crippen MR) is 97.7 cm³/mol. The molecular weight excluding hydrogens is 318 g/mol. The van der Waals surface area contributed by atoms with Crippen LogP contribution in [0.5, 0.6) is 0 Å². The zero-order valence-corrected chi connectivity index (χ0v) is 15.7. The summed E-state index contributed by atoms with van der Waals surface area (Å²) in [5.74, 6) is 1.09. The summed E-state index contributed by atoms with van der Waals surface area (Å²) in [6.45, 7) is 5.59. The van der Waals surface area contributed by atoms with E-state index < -0.39 is 0 Å². The molecule has 0 saturated heterocycles. The van der Waals surface area contributed by atoms with E-state index in [1.54, 1.807) is 0 Å². The Labute approximate surface area is 148 Å². The SMILES string of the molecule is CC12CC3CC(C)(C1)CC(C(=O)NCCCc1csc(N)n1)(C3)C2. The van der Waals surface area contributed by atoms with Gasteiger partial charge in [-0.3, -0.25) is 4.79 Å². The number of aromatic nitrogens is 1. The Kier molecular flexibility index (Phi) is 3.72. The molecule has 4 saturated carbocycles. The number of carbonyl (C=O) groups is 1. The average molecular weight is 348 g/mol. The molecule has 132 valence electrons. The Morgan fingerprint density at radius 3 is 2.58 bits per heavy atom. The van der Waals surface area contributed by atoms with Crippen molar-refractivity contribution in [3.63, 3.8) is 0 Å². The molecule has 4 aliphatic carbocycles. The summed E-state index contributed by atoms with van der Waals surface area (Å²) in [6.07, 6.45) is 9.12. The zero-order chi connectivity index (χ0) is 17.0. The minimum Gasteiger partial charge on any atom is -0.375 e. The van der Waals surface area contributed by atoms with Gasteiger partial charge in [-0.05, 0) is 68.1 Å². The maximum absolute atomic E-state index is 13.1. The first-order valence-corrected chi connectivity index (χ1v) is 10.2. The molecule has 4 nitrogen and oxygen atoms in total. The number of nitrogens with two attached hydrogens (primary N) is 1. The topological polar surface area (TPSA) is 68.0 Å². The van der Waals surface area contributed by atoms with Gasteiger partial charge in [-0.1, -0.05) is 13.8 Å². The highest BCUT2D eigenvalue weighted by atomic mass is 32.1. The van der Waals surface area contributed by atoms with Crippen molar-refractivity contribution < 1.29 is 4.79 Å². The molecule has 0 spiro atoms. The minimum atomic E-state index is -0.0893. The Morgan fingerprint density at radius 2 is 2.00 bits per heavy atom. The third-order valence-corrected chi connectivity index (χ3v) is 7.30. The lowest BCUT2D eigenvalue weighted by Crippen LogP contribution is -2.59. The lowest BCUT2D eigenvalue weighted by atomic mass is 9.40. The molecule has 2 atom stereocenters. The minimum absolute atomic E-state index is 0.0893. The Balaban J connectivity index is 1.36. The fourth-order valence-corrected chi connectivity index (χ4v) is 7.39. The molecule has 3 N–H and O–H groups in total. The summed E-state index contributed by atoms with van der Waals surface area (Å²) in [7, 11) is 0. The summed E-state index contributed by atoms with van der Waals surface area (Å²) >= 11 is 1.49. The molecule has 0 radical (unpaired) electrons. The van der Waals surface area contributed by atoms with Gasteiger partial charge < -0.3 is 11.1 Å². The van der Waals surface area contributed by atoms with Crippen molar-refractivity contribution in [2.24, 2.45) is 22.2 Å². The quantitative estimate of drug-likeness (QED) is 0.797. The van der Waals surface area contributed by atoms with E-state index in [9.17, 15) is 4.79 Å². The number of aryl methyl sites for hydroxylation is 1. The zero-order valence-electron chi connectivity index (χ0n) is 14.9. The third kappa shape index (κ3) is 2.85. The molecule has 0 aliphatic heterocycles. The Morgan fingerprint density at radius 1 is 1.29 bits per heavy atom. The molecule has 4 aliphatic rings. The van der Waals surface area contributed by atoms with Crippen LogP contribution in [0.2, 0.25) is 0 Å². The van der Waals surface area contributed by atoms with Crippen LogP contribution in [0.25, 0.3) is 0 Å². The molecule has 24 heavy (non-hydrogen) atoms. The van der Waals surface area contributed by atoms with Gasteiger partial charge in [0.2, 0.25) is 5.91 Å². The average Bonchev–Trinajstić information content (AvgIpc) is 2.85. The smallest absolute Gasteiger partial charge is 0.226 e. The van der Waals surface area contributed by atoms with E-state index in [4.69, 9.17) is 5.73 Å². The highest BCUT2D eigenvalue weighted by Gasteiger charge is 2.62. The third-order valence-electron chi connectivity index (χ3n) is 6.57. The molecule has 1 aromatic rings. The standard InChI is InChI=1S/C19H29N3OS/c1-17-6-13-7-18(2,10-17)12-19(8-13,11-17)15(23)21-5-3-4-14-9-24-16(20)22-14/h9,13H,3-8,10-12H2,1-2H3,(H2,20,22)(H,21,23). The van der Waals surface area contributed by atoms with Gasteiger partial charge in [-0.2, -0.15) is 0 Å². The van der Waals surface area contributed by atoms with Gasteiger partial charge in [-0.25, -0.2) is 4.98 Å². The van der Waals surface area contributed by atoms with Crippen molar-refractivity contribution in [1.82, 2.24) is 10.3 Å². The second-order valence-electron chi connectivity index (χ2n) is 9.45. The second-order valence-corrected chi connectivity index (χ2v) is 10.3.